The van der Waals surface area contributed by atoms with E-state index in [1.54, 1.807) is 6.08 Å². The number of carbonyl (C=O) groups is 2. The summed E-state index contributed by atoms with van der Waals surface area (Å²) in [5, 5.41) is 16.8. The minimum absolute atomic E-state index is 0.158. The Morgan fingerprint density at radius 2 is 1.24 bits per heavy atom. The van der Waals surface area contributed by atoms with Gasteiger partial charge in [0.1, 0.15) is 0 Å². The minimum atomic E-state index is -0.844. The Kier molecular flexibility index (Phi) is 26.9. The molecule has 0 aliphatic rings. The van der Waals surface area contributed by atoms with Gasteiger partial charge in [-0.05, 0) is 38.5 Å². The summed E-state index contributed by atoms with van der Waals surface area (Å²) in [6, 6.07) is 0. The van der Waals surface area contributed by atoms with E-state index < -0.39 is 5.97 Å². The number of allylic oxidation sites excluding steroid dienone is 2. The lowest BCUT2D eigenvalue weighted by atomic mass is 10.1. The molecule has 0 fully saturated rings. The number of hydrogen-bond acceptors (Lipinski definition) is 4. The molecule has 29 heavy (non-hydrogen) atoms. The van der Waals surface area contributed by atoms with Crippen molar-refractivity contribution in [1.29, 1.82) is 0 Å². The van der Waals surface area contributed by atoms with Crippen LogP contribution in [0.1, 0.15) is 104 Å². The fourth-order valence-electron chi connectivity index (χ4n) is 2.53. The number of rotatable bonds is 18. The number of hydrogen-bond donors (Lipinski definition) is 2. The van der Waals surface area contributed by atoms with Gasteiger partial charge >= 0.3 is 11.9 Å². The smallest absolute Gasteiger partial charge is 0.330 e. The van der Waals surface area contributed by atoms with Crippen LogP contribution in [-0.2, 0) is 14.3 Å². The van der Waals surface area contributed by atoms with Crippen LogP contribution in [0.2, 0.25) is 0 Å². The van der Waals surface area contributed by atoms with E-state index in [-0.39, 0.29) is 12.6 Å². The topological polar surface area (TPSA) is 83.8 Å². The van der Waals surface area contributed by atoms with Crippen LogP contribution in [0.3, 0.4) is 0 Å². The molecule has 5 heteroatoms. The zero-order valence-electron chi connectivity index (χ0n) is 18.7. The number of aliphatic hydroxyl groups excluding tert-OH is 1. The van der Waals surface area contributed by atoms with Crippen molar-refractivity contribution in [2.45, 2.75) is 104 Å². The Morgan fingerprint density at radius 1 is 0.724 bits per heavy atom. The standard InChI is InChI=1S/C14H26O3.C10H18O2/c1-2-3-4-5-6-7-8-11-14(16)17-13-10-9-12-15;1-2-3-4-5-6-7-8-9-10(11)12/h8,11,15H,2-7,9-10,12-13H2,1H3;8-9H,2-7H2,1H3,(H,11,12)/b11-8+;9-8+. The third-order valence-corrected chi connectivity index (χ3v) is 4.26. The molecule has 5 nitrogen and oxygen atoms in total. The number of unbranched alkanes of at least 4 members (excludes halogenated alkanes) is 11. The maximum Gasteiger partial charge on any atom is 0.330 e. The first-order valence-corrected chi connectivity index (χ1v) is 11.4. The summed E-state index contributed by atoms with van der Waals surface area (Å²) in [5.74, 6) is -1.11. The van der Waals surface area contributed by atoms with E-state index in [0.29, 0.717) is 13.0 Å². The van der Waals surface area contributed by atoms with Crippen molar-refractivity contribution in [3.05, 3.63) is 24.3 Å². The molecular weight excluding hydrogens is 368 g/mol. The first kappa shape index (κ1) is 29.6. The Morgan fingerprint density at radius 3 is 1.72 bits per heavy atom. The highest BCUT2D eigenvalue weighted by atomic mass is 16.5. The Hall–Kier alpha value is -1.62. The van der Waals surface area contributed by atoms with Gasteiger partial charge < -0.3 is 14.9 Å². The average molecular weight is 413 g/mol. The molecule has 0 aromatic rings. The number of aliphatic carboxylic acids is 1. The average Bonchev–Trinajstić information content (AvgIpc) is 2.70. The van der Waals surface area contributed by atoms with Crippen LogP contribution in [-0.4, -0.2) is 35.4 Å². The highest BCUT2D eigenvalue weighted by molar-refractivity contribution is 5.81. The molecule has 0 rings (SSSR count). The molecule has 0 radical (unpaired) electrons. The molecule has 170 valence electrons. The van der Waals surface area contributed by atoms with E-state index in [1.807, 2.05) is 6.08 Å². The van der Waals surface area contributed by atoms with E-state index in [9.17, 15) is 9.59 Å². The Balaban J connectivity index is 0. The van der Waals surface area contributed by atoms with Gasteiger partial charge in [-0.2, -0.15) is 0 Å². The zero-order chi connectivity index (χ0) is 22.0. The van der Waals surface area contributed by atoms with Gasteiger partial charge in [-0.15, -0.1) is 0 Å². The molecule has 0 atom stereocenters. The summed E-state index contributed by atoms with van der Waals surface area (Å²) in [7, 11) is 0. The summed E-state index contributed by atoms with van der Waals surface area (Å²) in [6.07, 6.45) is 22.0. The van der Waals surface area contributed by atoms with Crippen LogP contribution in [0.25, 0.3) is 0 Å². The molecule has 0 amide bonds. The van der Waals surface area contributed by atoms with Crippen molar-refractivity contribution in [2.24, 2.45) is 0 Å². The Labute approximate surface area is 178 Å². The molecule has 0 heterocycles. The molecule has 0 aromatic carbocycles. The van der Waals surface area contributed by atoms with Gasteiger partial charge in [-0.25, -0.2) is 9.59 Å². The van der Waals surface area contributed by atoms with E-state index in [4.69, 9.17) is 14.9 Å². The van der Waals surface area contributed by atoms with Crippen molar-refractivity contribution >= 4 is 11.9 Å². The second-order valence-corrected chi connectivity index (χ2v) is 7.15. The van der Waals surface area contributed by atoms with Crippen LogP contribution in [0.4, 0.5) is 0 Å². The van der Waals surface area contributed by atoms with E-state index in [2.05, 4.69) is 13.8 Å². The molecule has 0 aliphatic carbocycles. The van der Waals surface area contributed by atoms with Crippen LogP contribution in [0, 0.1) is 0 Å². The largest absolute Gasteiger partial charge is 0.478 e. The first-order valence-electron chi connectivity index (χ1n) is 11.4. The molecule has 2 N–H and O–H groups in total. The van der Waals surface area contributed by atoms with Gasteiger partial charge in [0, 0.05) is 18.8 Å². The molecule has 0 spiro atoms. The Bertz CT molecular complexity index is 415. The zero-order valence-corrected chi connectivity index (χ0v) is 18.7. The number of carboxylic acid groups (broad SMARTS) is 1. The van der Waals surface area contributed by atoms with Crippen molar-refractivity contribution in [2.75, 3.05) is 13.2 Å². The monoisotopic (exact) mass is 412 g/mol. The van der Waals surface area contributed by atoms with Crippen LogP contribution in [0.5, 0.6) is 0 Å². The van der Waals surface area contributed by atoms with E-state index in [0.717, 1.165) is 32.1 Å². The summed E-state index contributed by atoms with van der Waals surface area (Å²) >= 11 is 0. The number of carboxylic acids is 1. The number of carbonyl (C=O) groups excluding carboxylic acids is 1. The number of esters is 1. The predicted molar refractivity (Wildman–Crippen MR) is 120 cm³/mol. The molecular formula is C24H44O5. The summed E-state index contributed by atoms with van der Waals surface area (Å²) < 4.78 is 4.95. The van der Waals surface area contributed by atoms with E-state index >= 15 is 0 Å². The van der Waals surface area contributed by atoms with Gasteiger partial charge in [0.2, 0.25) is 0 Å². The van der Waals surface area contributed by atoms with Gasteiger partial charge in [0.25, 0.3) is 0 Å². The second kappa shape index (κ2) is 26.4. The lowest BCUT2D eigenvalue weighted by Gasteiger charge is -2.00. The molecule has 0 unspecified atom stereocenters. The third kappa shape index (κ3) is 31.3. The van der Waals surface area contributed by atoms with Crippen molar-refractivity contribution in [3.8, 4) is 0 Å². The van der Waals surface area contributed by atoms with Crippen LogP contribution in [0.15, 0.2) is 24.3 Å². The summed E-state index contributed by atoms with van der Waals surface area (Å²) in [6.45, 7) is 4.95. The van der Waals surface area contributed by atoms with Crippen LogP contribution >= 0.6 is 0 Å². The van der Waals surface area contributed by atoms with Gasteiger partial charge in [0.05, 0.1) is 6.61 Å². The maximum atomic E-state index is 11.2. The highest BCUT2D eigenvalue weighted by Crippen LogP contribution is 2.06. The van der Waals surface area contributed by atoms with Crippen LogP contribution < -0.4 is 0 Å². The SMILES string of the molecule is CCCCCCC/C=C/C(=O)O.CCCCCCC/C=C/C(=O)OCCCCO. The maximum absolute atomic E-state index is 11.2. The molecule has 0 saturated heterocycles. The van der Waals surface area contributed by atoms with E-state index in [1.165, 1.54) is 63.5 Å². The number of aliphatic hydroxyl groups is 1. The molecule has 0 saturated carbocycles. The third-order valence-electron chi connectivity index (χ3n) is 4.26. The van der Waals surface area contributed by atoms with Gasteiger partial charge in [-0.1, -0.05) is 77.4 Å². The lowest BCUT2D eigenvalue weighted by molar-refractivity contribution is -0.138. The van der Waals surface area contributed by atoms with Crippen molar-refractivity contribution in [3.63, 3.8) is 0 Å². The second-order valence-electron chi connectivity index (χ2n) is 7.15. The predicted octanol–water partition coefficient (Wildman–Crippen LogP) is 6.21. The fourth-order valence-corrected chi connectivity index (χ4v) is 2.53. The van der Waals surface area contributed by atoms with Gasteiger partial charge in [-0.3, -0.25) is 0 Å². The van der Waals surface area contributed by atoms with Gasteiger partial charge in [0.15, 0.2) is 0 Å². The lowest BCUT2D eigenvalue weighted by Crippen LogP contribution is -2.02. The number of ether oxygens (including phenoxy) is 1. The summed E-state index contributed by atoms with van der Waals surface area (Å²) in [5.41, 5.74) is 0. The first-order chi connectivity index (χ1) is 14.1. The molecule has 0 bridgehead atoms. The molecule has 0 aromatic heterocycles. The fraction of sp³-hybridized carbons (Fsp3) is 0.750. The highest BCUT2D eigenvalue weighted by Gasteiger charge is 1.95. The minimum Gasteiger partial charge on any atom is -0.478 e. The normalized spacial score (nSPS) is 10.9. The van der Waals surface area contributed by atoms with Crippen molar-refractivity contribution < 1.29 is 24.5 Å². The summed E-state index contributed by atoms with van der Waals surface area (Å²) in [4.78, 5) is 21.2. The van der Waals surface area contributed by atoms with Crippen molar-refractivity contribution in [1.82, 2.24) is 0 Å². The molecule has 0 aliphatic heterocycles. The quantitative estimate of drug-likeness (QED) is 0.159.